The largest absolute Gasteiger partial charge is 0.452 e. The number of nitro groups is 1. The van der Waals surface area contributed by atoms with Gasteiger partial charge in [-0.05, 0) is 51.1 Å². The number of hydrogen-bond acceptors (Lipinski definition) is 6. The van der Waals surface area contributed by atoms with E-state index >= 15 is 0 Å². The number of hydrogen-bond donors (Lipinski definition) is 1. The zero-order valence-electron chi connectivity index (χ0n) is 16.1. The Morgan fingerprint density at radius 2 is 1.75 bits per heavy atom. The molecule has 0 aliphatic carbocycles. The summed E-state index contributed by atoms with van der Waals surface area (Å²) in [6, 6.07) is 11.3. The molecule has 2 aromatic carbocycles. The average Bonchev–Trinajstić information content (AvgIpc) is 2.69. The van der Waals surface area contributed by atoms with E-state index in [4.69, 9.17) is 4.74 Å². The molecular weight excluding hydrogens is 362 g/mol. The van der Waals surface area contributed by atoms with Gasteiger partial charge in [0.15, 0.2) is 6.61 Å². The number of nitrogens with zero attached hydrogens (tertiary/aromatic N) is 2. The number of nitro benzene ring substituents is 1. The maximum Gasteiger partial charge on any atom is 0.338 e. The van der Waals surface area contributed by atoms with Crippen LogP contribution in [0.15, 0.2) is 42.5 Å². The van der Waals surface area contributed by atoms with Crippen LogP contribution in [0.5, 0.6) is 0 Å². The van der Waals surface area contributed by atoms with Crippen molar-refractivity contribution in [2.24, 2.45) is 0 Å². The highest BCUT2D eigenvalue weighted by Gasteiger charge is 2.16. The van der Waals surface area contributed by atoms with Crippen molar-refractivity contribution >= 4 is 28.9 Å². The van der Waals surface area contributed by atoms with E-state index < -0.39 is 23.4 Å². The number of ether oxygens (including phenoxy) is 1. The Morgan fingerprint density at radius 3 is 2.32 bits per heavy atom. The minimum absolute atomic E-state index is 0.0944. The number of anilines is 2. The molecule has 1 N–H and O–H groups in total. The molecule has 0 saturated carbocycles. The monoisotopic (exact) mass is 385 g/mol. The second-order valence-corrected chi connectivity index (χ2v) is 6.05. The molecule has 2 rings (SSSR count). The molecular formula is C20H23N3O5. The van der Waals surface area contributed by atoms with Crippen LogP contribution in [0.4, 0.5) is 17.1 Å². The van der Waals surface area contributed by atoms with Gasteiger partial charge in [-0.3, -0.25) is 14.9 Å². The maximum absolute atomic E-state index is 12.1. The number of amides is 1. The van der Waals surface area contributed by atoms with Crippen molar-refractivity contribution in [3.8, 4) is 0 Å². The second kappa shape index (κ2) is 9.50. The third-order valence-corrected chi connectivity index (χ3v) is 4.34. The van der Waals surface area contributed by atoms with E-state index in [2.05, 4.69) is 10.2 Å². The van der Waals surface area contributed by atoms with Gasteiger partial charge in [0.05, 0.1) is 21.7 Å². The number of esters is 1. The highest BCUT2D eigenvalue weighted by Crippen LogP contribution is 2.25. The number of nitrogens with one attached hydrogen (secondary N) is 1. The highest BCUT2D eigenvalue weighted by molar-refractivity contribution is 5.96. The van der Waals surface area contributed by atoms with Gasteiger partial charge in [0.25, 0.3) is 11.6 Å². The lowest BCUT2D eigenvalue weighted by Crippen LogP contribution is -2.22. The van der Waals surface area contributed by atoms with Crippen molar-refractivity contribution in [3.05, 3.63) is 63.7 Å². The first kappa shape index (κ1) is 20.9. The number of rotatable bonds is 8. The number of benzene rings is 2. The molecule has 0 unspecified atom stereocenters. The van der Waals surface area contributed by atoms with Crippen molar-refractivity contribution < 1.29 is 19.2 Å². The van der Waals surface area contributed by atoms with Gasteiger partial charge in [-0.25, -0.2) is 4.79 Å². The predicted octanol–water partition coefficient (Wildman–Crippen LogP) is 3.54. The van der Waals surface area contributed by atoms with E-state index in [1.165, 1.54) is 19.1 Å². The molecule has 2 aromatic rings. The van der Waals surface area contributed by atoms with Crippen LogP contribution in [-0.4, -0.2) is 36.5 Å². The fraction of sp³-hybridized carbons (Fsp3) is 0.300. The molecule has 28 heavy (non-hydrogen) atoms. The van der Waals surface area contributed by atoms with Gasteiger partial charge in [0, 0.05) is 24.8 Å². The Kier molecular flexibility index (Phi) is 7.08. The maximum atomic E-state index is 12.1. The molecule has 8 nitrogen and oxygen atoms in total. The molecule has 0 aliphatic rings. The fourth-order valence-corrected chi connectivity index (χ4v) is 2.75. The van der Waals surface area contributed by atoms with E-state index in [0.29, 0.717) is 16.8 Å². The van der Waals surface area contributed by atoms with Gasteiger partial charge in [-0.2, -0.15) is 0 Å². The molecule has 0 aliphatic heterocycles. The quantitative estimate of drug-likeness (QED) is 0.424. The van der Waals surface area contributed by atoms with E-state index in [0.717, 1.165) is 18.8 Å². The summed E-state index contributed by atoms with van der Waals surface area (Å²) in [7, 11) is 0. The first-order valence-corrected chi connectivity index (χ1v) is 8.93. The van der Waals surface area contributed by atoms with Crippen LogP contribution >= 0.6 is 0 Å². The summed E-state index contributed by atoms with van der Waals surface area (Å²) in [5, 5.41) is 13.5. The Morgan fingerprint density at radius 1 is 1.11 bits per heavy atom. The predicted molar refractivity (Wildman–Crippen MR) is 107 cm³/mol. The van der Waals surface area contributed by atoms with Gasteiger partial charge >= 0.3 is 5.97 Å². The van der Waals surface area contributed by atoms with Crippen LogP contribution in [0, 0.1) is 17.0 Å². The normalized spacial score (nSPS) is 10.2. The summed E-state index contributed by atoms with van der Waals surface area (Å²) in [6.45, 7) is 6.87. The average molecular weight is 385 g/mol. The standard InChI is InChI=1S/C20H23N3O5/c1-4-22(5-2)16-11-9-15(10-12-16)20(25)28-13-19(24)21-17-7-6-8-18(14(17)3)23(26)27/h6-12H,4-5,13H2,1-3H3,(H,21,24). The molecule has 0 atom stereocenters. The van der Waals surface area contributed by atoms with Crippen molar-refractivity contribution in [2.45, 2.75) is 20.8 Å². The second-order valence-electron chi connectivity index (χ2n) is 6.05. The zero-order chi connectivity index (χ0) is 20.7. The molecule has 0 saturated heterocycles. The van der Waals surface area contributed by atoms with Crippen molar-refractivity contribution in [3.63, 3.8) is 0 Å². The third kappa shape index (κ3) is 5.06. The SMILES string of the molecule is CCN(CC)c1ccc(C(=O)OCC(=O)Nc2cccc([N+](=O)[O-])c2C)cc1. The molecule has 148 valence electrons. The zero-order valence-corrected chi connectivity index (χ0v) is 16.1. The van der Waals surface area contributed by atoms with E-state index in [1.54, 1.807) is 18.2 Å². The van der Waals surface area contributed by atoms with Gasteiger partial charge in [0.2, 0.25) is 0 Å². The minimum Gasteiger partial charge on any atom is -0.452 e. The minimum atomic E-state index is -0.614. The molecule has 0 heterocycles. The van der Waals surface area contributed by atoms with Crippen molar-refractivity contribution in [1.82, 2.24) is 0 Å². The summed E-state index contributed by atoms with van der Waals surface area (Å²) in [5.74, 6) is -1.19. The van der Waals surface area contributed by atoms with Crippen LogP contribution in [0.3, 0.4) is 0 Å². The lowest BCUT2D eigenvalue weighted by molar-refractivity contribution is -0.385. The van der Waals surface area contributed by atoms with Crippen molar-refractivity contribution in [2.75, 3.05) is 29.9 Å². The summed E-state index contributed by atoms with van der Waals surface area (Å²) in [5.41, 5.74) is 1.89. The van der Waals surface area contributed by atoms with Crippen LogP contribution in [0.1, 0.15) is 29.8 Å². The summed E-state index contributed by atoms with van der Waals surface area (Å²) in [6.07, 6.45) is 0. The van der Waals surface area contributed by atoms with Gasteiger partial charge < -0.3 is 15.0 Å². The van der Waals surface area contributed by atoms with E-state index in [9.17, 15) is 19.7 Å². The van der Waals surface area contributed by atoms with E-state index in [1.807, 2.05) is 26.0 Å². The molecule has 1 amide bonds. The molecule has 8 heteroatoms. The Balaban J connectivity index is 1.95. The fourth-order valence-electron chi connectivity index (χ4n) is 2.75. The number of carbonyl (C=O) groups is 2. The van der Waals surface area contributed by atoms with Crippen LogP contribution < -0.4 is 10.2 Å². The summed E-state index contributed by atoms with van der Waals surface area (Å²) in [4.78, 5) is 36.7. The lowest BCUT2D eigenvalue weighted by Gasteiger charge is -2.20. The van der Waals surface area contributed by atoms with Gasteiger partial charge in [-0.1, -0.05) is 6.07 Å². The Labute approximate surface area is 163 Å². The van der Waals surface area contributed by atoms with Crippen LogP contribution in [0.25, 0.3) is 0 Å². The molecule has 0 aromatic heterocycles. The van der Waals surface area contributed by atoms with Crippen LogP contribution in [0.2, 0.25) is 0 Å². The van der Waals surface area contributed by atoms with Crippen molar-refractivity contribution in [1.29, 1.82) is 0 Å². The van der Waals surface area contributed by atoms with Gasteiger partial charge in [0.1, 0.15) is 0 Å². The smallest absolute Gasteiger partial charge is 0.338 e. The van der Waals surface area contributed by atoms with Crippen LogP contribution in [-0.2, 0) is 9.53 Å². The highest BCUT2D eigenvalue weighted by atomic mass is 16.6. The molecule has 0 bridgehead atoms. The number of carbonyl (C=O) groups excluding carboxylic acids is 2. The lowest BCUT2D eigenvalue weighted by atomic mass is 10.1. The molecule has 0 radical (unpaired) electrons. The topological polar surface area (TPSA) is 102 Å². The molecule has 0 fully saturated rings. The third-order valence-electron chi connectivity index (χ3n) is 4.34. The molecule has 0 spiro atoms. The summed E-state index contributed by atoms with van der Waals surface area (Å²) < 4.78 is 5.03. The first-order chi connectivity index (χ1) is 13.4. The first-order valence-electron chi connectivity index (χ1n) is 8.93. The van der Waals surface area contributed by atoms with E-state index in [-0.39, 0.29) is 5.69 Å². The summed E-state index contributed by atoms with van der Waals surface area (Å²) >= 11 is 0. The Hall–Kier alpha value is -3.42. The van der Waals surface area contributed by atoms with Gasteiger partial charge in [-0.15, -0.1) is 0 Å². The Bertz CT molecular complexity index is 861.